The Morgan fingerprint density at radius 1 is 0.758 bits per heavy atom. The molecular formula is C29H30ClFN2. The average molecular weight is 461 g/mol. The number of aromatic nitrogens is 2. The summed E-state index contributed by atoms with van der Waals surface area (Å²) < 4.78 is 15.2. The number of hydrogen-bond acceptors (Lipinski definition) is 2. The highest BCUT2D eigenvalue weighted by molar-refractivity contribution is 6.30. The van der Waals surface area contributed by atoms with Gasteiger partial charge in [-0.05, 0) is 66.0 Å². The fourth-order valence-electron chi connectivity index (χ4n) is 4.16. The van der Waals surface area contributed by atoms with Crippen molar-refractivity contribution < 1.29 is 4.39 Å². The lowest BCUT2D eigenvalue weighted by Gasteiger charge is -2.09. The van der Waals surface area contributed by atoms with Crippen LogP contribution in [0.5, 0.6) is 0 Å². The van der Waals surface area contributed by atoms with E-state index in [1.807, 2.05) is 67.0 Å². The molecule has 170 valence electrons. The average Bonchev–Trinajstić information content (AvgIpc) is 2.85. The van der Waals surface area contributed by atoms with Crippen LogP contribution in [-0.4, -0.2) is 9.97 Å². The Morgan fingerprint density at radius 3 is 2.27 bits per heavy atom. The molecular weight excluding hydrogens is 431 g/mol. The summed E-state index contributed by atoms with van der Waals surface area (Å²) in [6.45, 7) is 2.23. The highest BCUT2D eigenvalue weighted by Gasteiger charge is 2.10. The summed E-state index contributed by atoms with van der Waals surface area (Å²) in [6.07, 6.45) is 12.6. The van der Waals surface area contributed by atoms with E-state index in [1.165, 1.54) is 37.7 Å². The molecule has 0 N–H and O–H groups in total. The number of hydrogen-bond donors (Lipinski definition) is 0. The van der Waals surface area contributed by atoms with Crippen LogP contribution in [0.3, 0.4) is 0 Å². The first kappa shape index (κ1) is 23.4. The van der Waals surface area contributed by atoms with Gasteiger partial charge in [0.15, 0.2) is 5.82 Å². The number of unbranched alkanes of at least 4 members (excludes halogenated alkanes) is 4. The van der Waals surface area contributed by atoms with Gasteiger partial charge in [0.05, 0.1) is 0 Å². The van der Waals surface area contributed by atoms with Crippen molar-refractivity contribution in [2.45, 2.75) is 58.3 Å². The fraction of sp³-hybridized carbons (Fsp3) is 0.310. The molecule has 4 heteroatoms. The zero-order valence-electron chi connectivity index (χ0n) is 19.2. The van der Waals surface area contributed by atoms with Gasteiger partial charge in [-0.2, -0.15) is 0 Å². The maximum atomic E-state index is 15.2. The molecule has 2 nitrogen and oxygen atoms in total. The van der Waals surface area contributed by atoms with Crippen molar-refractivity contribution in [3.05, 3.63) is 94.5 Å². The van der Waals surface area contributed by atoms with Crippen LogP contribution in [0, 0.1) is 5.82 Å². The van der Waals surface area contributed by atoms with Crippen LogP contribution >= 0.6 is 11.6 Å². The molecule has 0 bridgehead atoms. The van der Waals surface area contributed by atoms with Crippen LogP contribution in [0.2, 0.25) is 5.02 Å². The second-order valence-electron chi connectivity index (χ2n) is 8.68. The number of rotatable bonds is 10. The van der Waals surface area contributed by atoms with Crippen molar-refractivity contribution in [3.63, 3.8) is 0 Å². The van der Waals surface area contributed by atoms with E-state index in [-0.39, 0.29) is 5.82 Å². The summed E-state index contributed by atoms with van der Waals surface area (Å²) in [7, 11) is 0. The van der Waals surface area contributed by atoms with Gasteiger partial charge >= 0.3 is 0 Å². The van der Waals surface area contributed by atoms with Crippen LogP contribution < -0.4 is 0 Å². The molecule has 0 spiro atoms. The van der Waals surface area contributed by atoms with Crippen LogP contribution in [-0.2, 0) is 19.3 Å². The molecule has 33 heavy (non-hydrogen) atoms. The van der Waals surface area contributed by atoms with Crippen LogP contribution in [0.1, 0.15) is 55.7 Å². The van der Waals surface area contributed by atoms with Crippen LogP contribution in [0.4, 0.5) is 4.39 Å². The zero-order chi connectivity index (χ0) is 23.0. The maximum Gasteiger partial charge on any atom is 0.159 e. The monoisotopic (exact) mass is 460 g/mol. The molecule has 0 unspecified atom stereocenters. The van der Waals surface area contributed by atoms with Gasteiger partial charge in [-0.25, -0.2) is 14.4 Å². The lowest BCUT2D eigenvalue weighted by atomic mass is 9.99. The molecule has 0 aliphatic rings. The Kier molecular flexibility index (Phi) is 8.06. The van der Waals surface area contributed by atoms with Crippen molar-refractivity contribution in [2.24, 2.45) is 0 Å². The summed E-state index contributed by atoms with van der Waals surface area (Å²) in [5, 5.41) is 2.22. The normalized spacial score (nSPS) is 11.2. The number of nitrogens with zero attached hydrogens (tertiary/aromatic N) is 2. The van der Waals surface area contributed by atoms with E-state index < -0.39 is 0 Å². The Bertz CT molecular complexity index is 1190. The molecule has 4 rings (SSSR count). The van der Waals surface area contributed by atoms with Crippen molar-refractivity contribution in [2.75, 3.05) is 0 Å². The first-order valence-corrected chi connectivity index (χ1v) is 12.3. The Morgan fingerprint density at radius 2 is 1.52 bits per heavy atom. The third-order valence-corrected chi connectivity index (χ3v) is 6.41. The van der Waals surface area contributed by atoms with Crippen molar-refractivity contribution >= 4 is 22.4 Å². The summed E-state index contributed by atoms with van der Waals surface area (Å²) in [6, 6.07) is 17.3. The minimum absolute atomic E-state index is 0.146. The summed E-state index contributed by atoms with van der Waals surface area (Å²) in [5.41, 5.74) is 3.96. The molecule has 1 aromatic heterocycles. The quantitative estimate of drug-likeness (QED) is 0.222. The third kappa shape index (κ3) is 6.17. The lowest BCUT2D eigenvalue weighted by Crippen LogP contribution is -1.97. The highest BCUT2D eigenvalue weighted by atomic mass is 35.5. The predicted octanol–water partition coefficient (Wildman–Crippen LogP) is 8.39. The van der Waals surface area contributed by atoms with E-state index in [0.29, 0.717) is 22.7 Å². The van der Waals surface area contributed by atoms with Crippen molar-refractivity contribution in [1.29, 1.82) is 0 Å². The minimum Gasteiger partial charge on any atom is -0.236 e. The Balaban J connectivity index is 1.43. The predicted molar refractivity (Wildman–Crippen MR) is 136 cm³/mol. The number of benzene rings is 3. The van der Waals surface area contributed by atoms with Gasteiger partial charge in [0.1, 0.15) is 5.82 Å². The minimum atomic E-state index is -0.146. The van der Waals surface area contributed by atoms with Gasteiger partial charge in [0, 0.05) is 28.4 Å². The van der Waals surface area contributed by atoms with Crippen molar-refractivity contribution in [1.82, 2.24) is 9.97 Å². The standard InChI is InChI=1S/C29H30ClFN2/c1-2-3-4-5-6-7-22-19-32-29(33-20-22)25-14-17-27-24(18-25)13-12-23(28(27)31)11-8-21-9-15-26(30)16-10-21/h9-10,12-20H,2-8,11H2,1H3. The molecule has 0 atom stereocenters. The molecule has 0 saturated carbocycles. The number of fused-ring (bicyclic) bond motifs is 1. The maximum absolute atomic E-state index is 15.2. The Hall–Kier alpha value is -2.78. The second-order valence-corrected chi connectivity index (χ2v) is 9.12. The topological polar surface area (TPSA) is 25.8 Å². The highest BCUT2D eigenvalue weighted by Crippen LogP contribution is 2.27. The largest absolute Gasteiger partial charge is 0.236 e. The summed E-state index contributed by atoms with van der Waals surface area (Å²) in [4.78, 5) is 9.13. The van der Waals surface area contributed by atoms with Crippen LogP contribution in [0.25, 0.3) is 22.2 Å². The zero-order valence-corrected chi connectivity index (χ0v) is 19.9. The van der Waals surface area contributed by atoms with Crippen LogP contribution in [0.15, 0.2) is 67.0 Å². The van der Waals surface area contributed by atoms with Gasteiger partial charge in [-0.3, -0.25) is 0 Å². The molecule has 0 radical (unpaired) electrons. The summed E-state index contributed by atoms with van der Waals surface area (Å²) >= 11 is 5.95. The SMILES string of the molecule is CCCCCCCc1cnc(-c2ccc3c(F)c(CCc4ccc(Cl)cc4)ccc3c2)nc1. The van der Waals surface area contributed by atoms with E-state index in [2.05, 4.69) is 16.9 Å². The van der Waals surface area contributed by atoms with E-state index >= 15 is 4.39 Å². The molecule has 0 amide bonds. The van der Waals surface area contributed by atoms with Gasteiger partial charge in [0.2, 0.25) is 0 Å². The fourth-order valence-corrected chi connectivity index (χ4v) is 4.29. The van der Waals surface area contributed by atoms with E-state index in [1.54, 1.807) is 0 Å². The first-order valence-electron chi connectivity index (χ1n) is 11.9. The molecule has 0 fully saturated rings. The van der Waals surface area contributed by atoms with Crippen molar-refractivity contribution in [3.8, 4) is 11.4 Å². The lowest BCUT2D eigenvalue weighted by molar-refractivity contribution is 0.620. The second kappa shape index (κ2) is 11.4. The van der Waals surface area contributed by atoms with E-state index in [0.717, 1.165) is 34.9 Å². The van der Waals surface area contributed by atoms with Gasteiger partial charge < -0.3 is 0 Å². The Labute approximate surface area is 200 Å². The van der Waals surface area contributed by atoms with Gasteiger partial charge in [-0.1, -0.05) is 80.6 Å². The summed E-state index contributed by atoms with van der Waals surface area (Å²) in [5.74, 6) is 0.534. The molecule has 0 saturated heterocycles. The molecule has 0 aliphatic heterocycles. The molecule has 0 aliphatic carbocycles. The molecule has 1 heterocycles. The first-order chi connectivity index (χ1) is 16.1. The van der Waals surface area contributed by atoms with Gasteiger partial charge in [-0.15, -0.1) is 0 Å². The molecule has 3 aromatic carbocycles. The number of aryl methyl sites for hydroxylation is 3. The van der Waals surface area contributed by atoms with Gasteiger partial charge in [0.25, 0.3) is 0 Å². The van der Waals surface area contributed by atoms with E-state index in [9.17, 15) is 0 Å². The molecule has 4 aromatic rings. The third-order valence-electron chi connectivity index (χ3n) is 6.16. The van der Waals surface area contributed by atoms with E-state index in [4.69, 9.17) is 11.6 Å². The number of halogens is 2. The smallest absolute Gasteiger partial charge is 0.159 e.